The monoisotopic (exact) mass is 172 g/mol. The van der Waals surface area contributed by atoms with Crippen molar-refractivity contribution in [3.05, 3.63) is 0 Å². The van der Waals surface area contributed by atoms with E-state index in [1.54, 1.807) is 0 Å². The van der Waals surface area contributed by atoms with E-state index in [4.69, 9.17) is 4.11 Å². The summed E-state index contributed by atoms with van der Waals surface area (Å²) in [6, 6.07) is -0.0155. The largest absolute Gasteiger partial charge is 0.354 e. The van der Waals surface area contributed by atoms with Gasteiger partial charge < -0.3 is 5.32 Å². The normalized spacial score (nSPS) is 26.6. The summed E-state index contributed by atoms with van der Waals surface area (Å²) in [6.45, 7) is -0.609. The van der Waals surface area contributed by atoms with Gasteiger partial charge in [0.25, 0.3) is 0 Å². The summed E-state index contributed by atoms with van der Waals surface area (Å²) in [5.74, 6) is -0.370. The molecule has 2 heteroatoms. The van der Waals surface area contributed by atoms with Crippen molar-refractivity contribution < 1.29 is 8.91 Å². The van der Waals surface area contributed by atoms with Crippen LogP contribution in [-0.4, -0.2) is 11.9 Å². The molecular weight excluding hydrogens is 150 g/mol. The third-order valence-electron chi connectivity index (χ3n) is 2.72. The molecule has 1 saturated carbocycles. The predicted octanol–water partition coefficient (Wildman–Crippen LogP) is 2.09. The SMILES string of the molecule is [2H]C([2H])([2H])C(=O)NC(C)C1CCCCC1. The van der Waals surface area contributed by atoms with Gasteiger partial charge in [0.05, 0.1) is 0 Å². The number of amides is 1. The topological polar surface area (TPSA) is 29.1 Å². The molecule has 0 aromatic carbocycles. The third kappa shape index (κ3) is 2.84. The zero-order valence-electron chi connectivity index (χ0n) is 10.6. The highest BCUT2D eigenvalue weighted by Gasteiger charge is 2.19. The minimum Gasteiger partial charge on any atom is -0.354 e. The lowest BCUT2D eigenvalue weighted by atomic mass is 9.84. The summed E-state index contributed by atoms with van der Waals surface area (Å²) in [5, 5.41) is 2.59. The number of carbonyl (C=O) groups is 1. The zero-order chi connectivity index (χ0) is 11.5. The van der Waals surface area contributed by atoms with Crippen LogP contribution in [0, 0.1) is 5.92 Å². The molecule has 1 rings (SSSR count). The molecule has 0 aliphatic heterocycles. The van der Waals surface area contributed by atoms with Gasteiger partial charge in [0, 0.05) is 17.0 Å². The van der Waals surface area contributed by atoms with Gasteiger partial charge in [-0.1, -0.05) is 19.3 Å². The molecule has 70 valence electrons. The minimum absolute atomic E-state index is 0.0155. The molecule has 1 N–H and O–H groups in total. The number of carbonyl (C=O) groups excluding carboxylic acids is 1. The van der Waals surface area contributed by atoms with Crippen LogP contribution in [0.5, 0.6) is 0 Å². The van der Waals surface area contributed by atoms with Crippen molar-refractivity contribution in [1.82, 2.24) is 5.32 Å². The van der Waals surface area contributed by atoms with Gasteiger partial charge >= 0.3 is 0 Å². The molecule has 1 aliphatic rings. The number of rotatable bonds is 2. The van der Waals surface area contributed by atoms with Crippen LogP contribution in [0.25, 0.3) is 0 Å². The Bertz CT molecular complexity index is 221. The van der Waals surface area contributed by atoms with E-state index in [-0.39, 0.29) is 6.04 Å². The van der Waals surface area contributed by atoms with Gasteiger partial charge in [0.1, 0.15) is 0 Å². The molecule has 0 radical (unpaired) electrons. The Morgan fingerprint density at radius 2 is 2.17 bits per heavy atom. The van der Waals surface area contributed by atoms with E-state index in [0.29, 0.717) is 5.92 Å². The van der Waals surface area contributed by atoms with Gasteiger partial charge in [-0.05, 0) is 25.7 Å². The van der Waals surface area contributed by atoms with Crippen LogP contribution in [0.1, 0.15) is 50.0 Å². The first kappa shape index (κ1) is 6.01. The summed E-state index contributed by atoms with van der Waals surface area (Å²) < 4.78 is 20.9. The van der Waals surface area contributed by atoms with Gasteiger partial charge in [-0.15, -0.1) is 0 Å². The smallest absolute Gasteiger partial charge is 0.217 e. The molecule has 1 unspecified atom stereocenters. The first-order valence-electron chi connectivity index (χ1n) is 6.22. The molecule has 0 spiro atoms. The van der Waals surface area contributed by atoms with Crippen molar-refractivity contribution in [2.24, 2.45) is 5.92 Å². The Labute approximate surface area is 78.9 Å². The molecule has 1 aliphatic carbocycles. The Morgan fingerprint density at radius 1 is 1.50 bits per heavy atom. The molecule has 0 saturated heterocycles. The van der Waals surface area contributed by atoms with Gasteiger partial charge in [-0.2, -0.15) is 0 Å². The van der Waals surface area contributed by atoms with E-state index in [9.17, 15) is 4.79 Å². The van der Waals surface area contributed by atoms with Crippen molar-refractivity contribution in [2.45, 2.75) is 51.9 Å². The molecule has 0 bridgehead atoms. The lowest BCUT2D eigenvalue weighted by molar-refractivity contribution is -0.119. The molecule has 0 aromatic rings. The molecule has 1 atom stereocenters. The first-order valence-corrected chi connectivity index (χ1v) is 4.72. The van der Waals surface area contributed by atoms with Crippen LogP contribution in [-0.2, 0) is 4.79 Å². The molecule has 1 amide bonds. The van der Waals surface area contributed by atoms with Crippen LogP contribution in [0.15, 0.2) is 0 Å². The summed E-state index contributed by atoms with van der Waals surface area (Å²) in [7, 11) is 0. The Morgan fingerprint density at radius 3 is 2.75 bits per heavy atom. The average molecular weight is 172 g/mol. The summed E-state index contributed by atoms with van der Waals surface area (Å²) in [6.07, 6.45) is 5.85. The van der Waals surface area contributed by atoms with E-state index in [1.807, 2.05) is 6.92 Å². The summed E-state index contributed by atoms with van der Waals surface area (Å²) >= 11 is 0. The van der Waals surface area contributed by atoms with E-state index < -0.39 is 12.8 Å². The Kier molecular flexibility index (Phi) is 2.24. The highest BCUT2D eigenvalue weighted by atomic mass is 16.1. The maximum atomic E-state index is 11.2. The van der Waals surface area contributed by atoms with E-state index >= 15 is 0 Å². The van der Waals surface area contributed by atoms with Crippen molar-refractivity contribution in [1.29, 1.82) is 0 Å². The molecule has 1 fully saturated rings. The fourth-order valence-electron chi connectivity index (χ4n) is 1.96. The summed E-state index contributed by atoms with van der Waals surface area (Å²) in [4.78, 5) is 11.2. The molecular formula is C10H19NO. The maximum Gasteiger partial charge on any atom is 0.217 e. The van der Waals surface area contributed by atoms with Crippen molar-refractivity contribution in [3.63, 3.8) is 0 Å². The van der Waals surface area contributed by atoms with Crippen molar-refractivity contribution in [3.8, 4) is 0 Å². The lowest BCUT2D eigenvalue weighted by Gasteiger charge is -2.27. The van der Waals surface area contributed by atoms with Gasteiger partial charge in [0.2, 0.25) is 5.91 Å². The van der Waals surface area contributed by atoms with E-state index in [2.05, 4.69) is 5.32 Å². The van der Waals surface area contributed by atoms with Crippen LogP contribution in [0.4, 0.5) is 0 Å². The third-order valence-corrected chi connectivity index (χ3v) is 2.72. The summed E-state index contributed by atoms with van der Waals surface area (Å²) in [5.41, 5.74) is 0. The fourth-order valence-corrected chi connectivity index (χ4v) is 1.96. The minimum atomic E-state index is -2.51. The predicted molar refractivity (Wildman–Crippen MR) is 49.9 cm³/mol. The molecule has 0 heterocycles. The second-order valence-electron chi connectivity index (χ2n) is 3.66. The molecule has 12 heavy (non-hydrogen) atoms. The van der Waals surface area contributed by atoms with E-state index in [1.165, 1.54) is 19.3 Å². The second-order valence-corrected chi connectivity index (χ2v) is 3.66. The fraction of sp³-hybridized carbons (Fsp3) is 0.900. The van der Waals surface area contributed by atoms with Crippen LogP contribution in [0.3, 0.4) is 0 Å². The van der Waals surface area contributed by atoms with Crippen LogP contribution in [0.2, 0.25) is 0 Å². The average Bonchev–Trinajstić information content (AvgIpc) is 2.17. The maximum absolute atomic E-state index is 11.2. The first-order chi connectivity index (χ1) is 6.91. The van der Waals surface area contributed by atoms with Gasteiger partial charge in [-0.25, -0.2) is 0 Å². The standard InChI is InChI=1S/C10H19NO/c1-8(11-9(2)12)10-6-4-3-5-7-10/h8,10H,3-7H2,1-2H3,(H,11,12)/i2D3. The quantitative estimate of drug-likeness (QED) is 0.679. The zero-order valence-corrected chi connectivity index (χ0v) is 7.60. The molecule has 2 nitrogen and oxygen atoms in total. The second kappa shape index (κ2) is 4.48. The molecule has 0 aromatic heterocycles. The number of nitrogens with one attached hydrogen (secondary N) is 1. The highest BCUT2D eigenvalue weighted by molar-refractivity contribution is 5.73. The van der Waals surface area contributed by atoms with Gasteiger partial charge in [-0.3, -0.25) is 4.79 Å². The van der Waals surface area contributed by atoms with Crippen LogP contribution < -0.4 is 5.32 Å². The van der Waals surface area contributed by atoms with Crippen molar-refractivity contribution >= 4 is 5.91 Å². The number of hydrogen-bond donors (Lipinski definition) is 1. The number of hydrogen-bond acceptors (Lipinski definition) is 1. The van der Waals surface area contributed by atoms with Crippen molar-refractivity contribution in [2.75, 3.05) is 0 Å². The Hall–Kier alpha value is -0.530. The van der Waals surface area contributed by atoms with Gasteiger partial charge in [0.15, 0.2) is 0 Å². The highest BCUT2D eigenvalue weighted by Crippen LogP contribution is 2.26. The van der Waals surface area contributed by atoms with E-state index in [0.717, 1.165) is 12.8 Å². The Balaban J connectivity index is 2.40. The lowest BCUT2D eigenvalue weighted by Crippen LogP contribution is -2.37. The van der Waals surface area contributed by atoms with Crippen LogP contribution >= 0.6 is 0 Å².